The van der Waals surface area contributed by atoms with Crippen LogP contribution in [0.5, 0.6) is 0 Å². The molecule has 2 aromatic rings. The lowest BCUT2D eigenvalue weighted by molar-refractivity contribution is -0.125. The van der Waals surface area contributed by atoms with E-state index < -0.39 is 23.9 Å². The Balaban J connectivity index is 1.44. The predicted octanol–water partition coefficient (Wildman–Crippen LogP) is 2.57. The summed E-state index contributed by atoms with van der Waals surface area (Å²) >= 11 is 5.86. The molecule has 1 saturated heterocycles. The minimum Gasteiger partial charge on any atom is -0.350 e. The third-order valence-corrected chi connectivity index (χ3v) is 5.28. The molecular formula is C21H20ClN5O3. The van der Waals surface area contributed by atoms with E-state index in [1.54, 1.807) is 24.3 Å². The largest absolute Gasteiger partial charge is 0.350 e. The zero-order valence-electron chi connectivity index (χ0n) is 16.5. The van der Waals surface area contributed by atoms with Crippen LogP contribution >= 0.6 is 11.6 Å². The molecule has 2 heterocycles. The molecule has 0 unspecified atom stereocenters. The van der Waals surface area contributed by atoms with Crippen molar-refractivity contribution >= 4 is 35.0 Å². The summed E-state index contributed by atoms with van der Waals surface area (Å²) in [5, 5.41) is 12.5. The minimum atomic E-state index is -0.928. The van der Waals surface area contributed by atoms with Crippen molar-refractivity contribution < 1.29 is 14.4 Å². The number of aryl methyl sites for hydroxylation is 2. The molecular weight excluding hydrogens is 406 g/mol. The third kappa shape index (κ3) is 3.78. The van der Waals surface area contributed by atoms with Crippen LogP contribution in [0, 0.1) is 13.8 Å². The molecule has 2 aliphatic rings. The first-order valence-electron chi connectivity index (χ1n) is 9.48. The average molecular weight is 426 g/mol. The highest BCUT2D eigenvalue weighted by atomic mass is 35.5. The van der Waals surface area contributed by atoms with Gasteiger partial charge in [-0.25, -0.2) is 4.90 Å². The lowest BCUT2D eigenvalue weighted by atomic mass is 10.1. The highest BCUT2D eigenvalue weighted by Gasteiger charge is 2.55. The monoisotopic (exact) mass is 425 g/mol. The van der Waals surface area contributed by atoms with Crippen LogP contribution in [0.4, 0.5) is 5.69 Å². The van der Waals surface area contributed by atoms with Crippen LogP contribution in [-0.4, -0.2) is 41.4 Å². The molecule has 154 valence electrons. The lowest BCUT2D eigenvalue weighted by Gasteiger charge is -2.20. The molecule has 3 amide bonds. The third-order valence-electron chi connectivity index (χ3n) is 5.03. The molecule has 2 aromatic carbocycles. The Labute approximate surface area is 178 Å². The van der Waals surface area contributed by atoms with Crippen LogP contribution in [0.2, 0.25) is 5.02 Å². The Morgan fingerprint density at radius 3 is 2.40 bits per heavy atom. The summed E-state index contributed by atoms with van der Waals surface area (Å²) in [4.78, 5) is 39.3. The number of benzene rings is 2. The van der Waals surface area contributed by atoms with Crippen molar-refractivity contribution in [3.8, 4) is 0 Å². The molecule has 8 nitrogen and oxygen atoms in total. The van der Waals surface area contributed by atoms with Crippen LogP contribution in [-0.2, 0) is 20.9 Å². The van der Waals surface area contributed by atoms with Gasteiger partial charge in [-0.1, -0.05) is 35.0 Å². The molecule has 30 heavy (non-hydrogen) atoms. The summed E-state index contributed by atoms with van der Waals surface area (Å²) in [5.74, 6) is -1.18. The highest BCUT2D eigenvalue weighted by molar-refractivity contribution is 6.30. The van der Waals surface area contributed by atoms with E-state index in [9.17, 15) is 14.4 Å². The maximum absolute atomic E-state index is 13.0. The number of halogens is 1. The Hall–Kier alpha value is -3.26. The van der Waals surface area contributed by atoms with Gasteiger partial charge in [-0.2, -0.15) is 5.11 Å². The van der Waals surface area contributed by atoms with Gasteiger partial charge in [-0.15, -0.1) is 0 Å². The predicted molar refractivity (Wildman–Crippen MR) is 111 cm³/mol. The fourth-order valence-electron chi connectivity index (χ4n) is 3.69. The Bertz CT molecular complexity index is 1030. The van der Waals surface area contributed by atoms with E-state index in [0.717, 1.165) is 21.6 Å². The van der Waals surface area contributed by atoms with Crippen molar-refractivity contribution in [2.75, 3.05) is 11.4 Å². The van der Waals surface area contributed by atoms with Crippen molar-refractivity contribution in [1.29, 1.82) is 0 Å². The van der Waals surface area contributed by atoms with Crippen LogP contribution in [0.3, 0.4) is 0 Å². The molecule has 0 aliphatic carbocycles. The molecule has 2 aliphatic heterocycles. The SMILES string of the molecule is Cc1cc(C)cc(N2C(=O)[C@H]3N=NN(CC(=O)NCc4ccc(Cl)cc4)[C@@H]3C2=O)c1. The quantitative estimate of drug-likeness (QED) is 0.745. The Morgan fingerprint density at radius 2 is 1.73 bits per heavy atom. The second-order valence-corrected chi connectivity index (χ2v) is 7.89. The Morgan fingerprint density at radius 1 is 1.07 bits per heavy atom. The van der Waals surface area contributed by atoms with Gasteiger partial charge in [0.25, 0.3) is 11.8 Å². The van der Waals surface area contributed by atoms with Crippen LogP contribution in [0.25, 0.3) is 0 Å². The summed E-state index contributed by atoms with van der Waals surface area (Å²) in [6.45, 7) is 3.95. The number of carbonyl (C=O) groups excluding carboxylic acids is 3. The minimum absolute atomic E-state index is 0.169. The summed E-state index contributed by atoms with van der Waals surface area (Å²) < 4.78 is 0. The maximum atomic E-state index is 13.0. The van der Waals surface area contributed by atoms with E-state index in [0.29, 0.717) is 17.3 Å². The number of fused-ring (bicyclic) bond motifs is 1. The van der Waals surface area contributed by atoms with Gasteiger partial charge in [0, 0.05) is 11.6 Å². The van der Waals surface area contributed by atoms with Crippen molar-refractivity contribution in [2.45, 2.75) is 32.5 Å². The lowest BCUT2D eigenvalue weighted by Crippen LogP contribution is -2.44. The van der Waals surface area contributed by atoms with Gasteiger partial charge in [0.2, 0.25) is 5.91 Å². The summed E-state index contributed by atoms with van der Waals surface area (Å²) in [7, 11) is 0. The van der Waals surface area contributed by atoms with E-state index in [2.05, 4.69) is 15.7 Å². The number of rotatable bonds is 5. The van der Waals surface area contributed by atoms with Crippen molar-refractivity contribution in [2.24, 2.45) is 10.3 Å². The zero-order valence-corrected chi connectivity index (χ0v) is 17.3. The van der Waals surface area contributed by atoms with Gasteiger partial charge in [0.05, 0.1) is 5.69 Å². The molecule has 4 rings (SSSR count). The average Bonchev–Trinajstić information content (AvgIpc) is 3.20. The molecule has 0 spiro atoms. The normalized spacial score (nSPS) is 20.1. The number of anilines is 1. The number of amides is 3. The van der Waals surface area contributed by atoms with Gasteiger partial charge in [-0.05, 0) is 54.8 Å². The van der Waals surface area contributed by atoms with Gasteiger partial charge in [0.15, 0.2) is 12.1 Å². The molecule has 0 saturated carbocycles. The molecule has 2 atom stereocenters. The summed E-state index contributed by atoms with van der Waals surface area (Å²) in [6, 6.07) is 10.8. The van der Waals surface area contributed by atoms with E-state index >= 15 is 0 Å². The van der Waals surface area contributed by atoms with E-state index in [1.165, 1.54) is 5.01 Å². The fourth-order valence-corrected chi connectivity index (χ4v) is 3.82. The standard InChI is InChI=1S/C21H20ClN5O3/c1-12-7-13(2)9-16(8-12)27-20(29)18-19(21(27)30)26(25-24-18)11-17(28)23-10-14-3-5-15(22)6-4-14/h3-9,18-19H,10-11H2,1-2H3,(H,23,28)/t18-,19-/m0/s1. The molecule has 1 N–H and O–H groups in total. The molecule has 0 radical (unpaired) electrons. The van der Waals surface area contributed by atoms with Crippen LogP contribution in [0.1, 0.15) is 16.7 Å². The van der Waals surface area contributed by atoms with Gasteiger partial charge in [-0.3, -0.25) is 19.4 Å². The molecule has 9 heteroatoms. The van der Waals surface area contributed by atoms with E-state index in [1.807, 2.05) is 32.0 Å². The topological polar surface area (TPSA) is 94.4 Å². The summed E-state index contributed by atoms with van der Waals surface area (Å²) in [5.41, 5.74) is 3.30. The second kappa shape index (κ2) is 7.87. The first kappa shape index (κ1) is 20.0. The second-order valence-electron chi connectivity index (χ2n) is 7.45. The van der Waals surface area contributed by atoms with Gasteiger partial charge < -0.3 is 5.32 Å². The first-order valence-corrected chi connectivity index (χ1v) is 9.86. The smallest absolute Gasteiger partial charge is 0.263 e. The maximum Gasteiger partial charge on any atom is 0.263 e. The molecule has 0 aromatic heterocycles. The van der Waals surface area contributed by atoms with E-state index in [4.69, 9.17) is 11.6 Å². The van der Waals surface area contributed by atoms with E-state index in [-0.39, 0.29) is 12.5 Å². The van der Waals surface area contributed by atoms with Crippen LogP contribution in [0.15, 0.2) is 52.8 Å². The molecule has 0 bridgehead atoms. The van der Waals surface area contributed by atoms with Crippen molar-refractivity contribution in [3.63, 3.8) is 0 Å². The number of nitrogens with zero attached hydrogens (tertiary/aromatic N) is 4. The number of carbonyl (C=O) groups is 3. The summed E-state index contributed by atoms with van der Waals surface area (Å²) in [6.07, 6.45) is 0. The van der Waals surface area contributed by atoms with Crippen molar-refractivity contribution in [1.82, 2.24) is 10.3 Å². The highest BCUT2D eigenvalue weighted by Crippen LogP contribution is 2.32. The Kier molecular flexibility index (Phi) is 5.26. The van der Waals surface area contributed by atoms with Gasteiger partial charge >= 0.3 is 0 Å². The van der Waals surface area contributed by atoms with Gasteiger partial charge in [0.1, 0.15) is 6.54 Å². The zero-order chi connectivity index (χ0) is 21.4. The van der Waals surface area contributed by atoms with Crippen molar-refractivity contribution in [3.05, 3.63) is 64.2 Å². The number of imide groups is 1. The first-order chi connectivity index (χ1) is 14.3. The molecule has 1 fully saturated rings. The fraction of sp³-hybridized carbons (Fsp3) is 0.286. The number of hydrogen-bond donors (Lipinski definition) is 1. The van der Waals surface area contributed by atoms with Crippen LogP contribution < -0.4 is 10.2 Å². The number of nitrogens with one attached hydrogen (secondary N) is 1. The number of hydrogen-bond acceptors (Lipinski definition) is 6.